The second-order valence-corrected chi connectivity index (χ2v) is 7.76. The van der Waals surface area contributed by atoms with Crippen molar-refractivity contribution in [3.63, 3.8) is 0 Å². The summed E-state index contributed by atoms with van der Waals surface area (Å²) in [5.74, 6) is 0. The van der Waals surface area contributed by atoms with Gasteiger partial charge in [0.05, 0.1) is 0 Å². The average Bonchev–Trinajstić information content (AvgIpc) is 2.61. The molecule has 0 amide bonds. The van der Waals surface area contributed by atoms with Gasteiger partial charge in [0.25, 0.3) is 10.0 Å². The molecule has 0 aliphatic carbocycles. The monoisotopic (exact) mass is 290 g/mol. The molecule has 0 aromatic carbocycles. The van der Waals surface area contributed by atoms with Gasteiger partial charge in [0.1, 0.15) is 4.21 Å². The quantitative estimate of drug-likeness (QED) is 0.874. The number of nitrogens with one attached hydrogen (secondary N) is 1. The van der Waals surface area contributed by atoms with E-state index in [1.807, 2.05) is 34.7 Å². The average molecular weight is 290 g/mol. The molecule has 18 heavy (non-hydrogen) atoms. The highest BCUT2D eigenvalue weighted by atomic mass is 32.2. The van der Waals surface area contributed by atoms with Crippen molar-refractivity contribution in [3.05, 3.63) is 16.5 Å². The van der Waals surface area contributed by atoms with Gasteiger partial charge >= 0.3 is 0 Å². The van der Waals surface area contributed by atoms with Crippen LogP contribution in [0, 0.1) is 6.92 Å². The topological polar surface area (TPSA) is 49.4 Å². The Morgan fingerprint density at radius 3 is 2.50 bits per heavy atom. The molecule has 0 unspecified atom stereocenters. The zero-order valence-corrected chi connectivity index (χ0v) is 13.3. The molecule has 1 aromatic rings. The summed E-state index contributed by atoms with van der Waals surface area (Å²) in [5, 5.41) is 3.06. The molecule has 1 N–H and O–H groups in total. The van der Waals surface area contributed by atoms with Crippen LogP contribution in [-0.2, 0) is 16.6 Å². The van der Waals surface area contributed by atoms with Gasteiger partial charge in [0.15, 0.2) is 0 Å². The number of aryl methyl sites for hydroxylation is 1. The predicted octanol–water partition coefficient (Wildman–Crippen LogP) is 2.19. The number of sulfonamides is 1. The van der Waals surface area contributed by atoms with Gasteiger partial charge in [0, 0.05) is 24.0 Å². The Hall–Kier alpha value is -0.430. The largest absolute Gasteiger partial charge is 0.315 e. The molecule has 0 radical (unpaired) electrons. The van der Waals surface area contributed by atoms with Crippen molar-refractivity contribution in [1.29, 1.82) is 0 Å². The summed E-state index contributed by atoms with van der Waals surface area (Å²) in [6, 6.07) is 1.76. The van der Waals surface area contributed by atoms with Crippen LogP contribution in [0.1, 0.15) is 31.2 Å². The molecule has 0 bridgehead atoms. The Kier molecular flexibility index (Phi) is 5.33. The highest BCUT2D eigenvalue weighted by Gasteiger charge is 2.27. The Balaban J connectivity index is 3.16. The molecule has 0 saturated heterocycles. The summed E-state index contributed by atoms with van der Waals surface area (Å²) in [6.07, 6.45) is 0. The third-order valence-corrected chi connectivity index (χ3v) is 6.62. The van der Waals surface area contributed by atoms with Gasteiger partial charge in [-0.3, -0.25) is 0 Å². The fourth-order valence-corrected chi connectivity index (χ4v) is 5.26. The summed E-state index contributed by atoms with van der Waals surface area (Å²) in [5.41, 5.74) is 1.03. The van der Waals surface area contributed by atoms with Gasteiger partial charge in [-0.25, -0.2) is 8.42 Å². The normalized spacial score (nSPS) is 12.6. The van der Waals surface area contributed by atoms with Gasteiger partial charge in [-0.2, -0.15) is 4.31 Å². The maximum atomic E-state index is 12.5. The van der Waals surface area contributed by atoms with E-state index in [0.29, 0.717) is 17.3 Å². The molecule has 104 valence electrons. The van der Waals surface area contributed by atoms with E-state index in [9.17, 15) is 8.42 Å². The van der Waals surface area contributed by atoms with Gasteiger partial charge in [-0.1, -0.05) is 6.92 Å². The molecule has 1 rings (SSSR count). The maximum Gasteiger partial charge on any atom is 0.252 e. The SMILES string of the molecule is CCN(C(C)C)S(=O)(=O)c1cc(C)c(CNC)s1. The number of hydrogen-bond donors (Lipinski definition) is 1. The molecule has 0 spiro atoms. The molecule has 0 fully saturated rings. The fraction of sp³-hybridized carbons (Fsp3) is 0.667. The minimum Gasteiger partial charge on any atom is -0.315 e. The molecule has 1 heterocycles. The third kappa shape index (κ3) is 3.12. The predicted molar refractivity (Wildman–Crippen MR) is 76.5 cm³/mol. The van der Waals surface area contributed by atoms with Crippen molar-refractivity contribution >= 4 is 21.4 Å². The number of thiophene rings is 1. The summed E-state index contributed by atoms with van der Waals surface area (Å²) in [4.78, 5) is 1.08. The first-order valence-electron chi connectivity index (χ1n) is 6.10. The molecule has 1 aromatic heterocycles. The maximum absolute atomic E-state index is 12.5. The van der Waals surface area contributed by atoms with Crippen molar-refractivity contribution in [2.75, 3.05) is 13.6 Å². The lowest BCUT2D eigenvalue weighted by molar-refractivity contribution is 0.370. The van der Waals surface area contributed by atoms with E-state index in [2.05, 4.69) is 5.32 Å². The van der Waals surface area contributed by atoms with E-state index in [1.165, 1.54) is 15.6 Å². The van der Waals surface area contributed by atoms with Crippen molar-refractivity contribution in [2.24, 2.45) is 0 Å². The van der Waals surface area contributed by atoms with Crippen molar-refractivity contribution in [1.82, 2.24) is 9.62 Å². The Morgan fingerprint density at radius 2 is 2.06 bits per heavy atom. The summed E-state index contributed by atoms with van der Waals surface area (Å²) >= 11 is 1.36. The van der Waals surface area contributed by atoms with Crippen LogP contribution in [0.25, 0.3) is 0 Å². The second kappa shape index (κ2) is 6.14. The second-order valence-electron chi connectivity index (χ2n) is 4.50. The Morgan fingerprint density at radius 1 is 1.44 bits per heavy atom. The van der Waals surface area contributed by atoms with Crippen LogP contribution in [0.4, 0.5) is 0 Å². The number of rotatable bonds is 6. The summed E-state index contributed by atoms with van der Waals surface area (Å²) in [7, 11) is -1.49. The zero-order valence-electron chi connectivity index (χ0n) is 11.6. The highest BCUT2D eigenvalue weighted by molar-refractivity contribution is 7.91. The van der Waals surface area contributed by atoms with Crippen molar-refractivity contribution < 1.29 is 8.42 Å². The van der Waals surface area contributed by atoms with Gasteiger partial charge < -0.3 is 5.32 Å². The number of nitrogens with zero attached hydrogens (tertiary/aromatic N) is 1. The molecule has 4 nitrogen and oxygen atoms in total. The first-order chi connectivity index (χ1) is 8.34. The third-order valence-electron chi connectivity index (χ3n) is 2.79. The lowest BCUT2D eigenvalue weighted by Crippen LogP contribution is -2.36. The smallest absolute Gasteiger partial charge is 0.252 e. The van der Waals surface area contributed by atoms with E-state index in [-0.39, 0.29) is 6.04 Å². The van der Waals surface area contributed by atoms with Crippen LogP contribution >= 0.6 is 11.3 Å². The lowest BCUT2D eigenvalue weighted by atomic mass is 10.3. The minimum atomic E-state index is -3.35. The lowest BCUT2D eigenvalue weighted by Gasteiger charge is -2.23. The standard InChI is InChI=1S/C12H22N2O2S2/c1-6-14(9(2)3)18(15,16)12-7-10(4)11(17-12)8-13-5/h7,9,13H,6,8H2,1-5H3. The molecule has 0 atom stereocenters. The Bertz CT molecular complexity index is 492. The van der Waals surface area contributed by atoms with E-state index >= 15 is 0 Å². The molecule has 6 heteroatoms. The van der Waals surface area contributed by atoms with E-state index in [0.717, 1.165) is 10.4 Å². The van der Waals surface area contributed by atoms with Crippen molar-refractivity contribution in [2.45, 2.75) is 44.5 Å². The highest BCUT2D eigenvalue weighted by Crippen LogP contribution is 2.29. The molecular weight excluding hydrogens is 268 g/mol. The van der Waals surface area contributed by atoms with Crippen LogP contribution < -0.4 is 5.32 Å². The molecule has 0 saturated carbocycles. The molecule has 0 aliphatic rings. The molecule has 0 aliphatic heterocycles. The number of hydrogen-bond acceptors (Lipinski definition) is 4. The van der Waals surface area contributed by atoms with Crippen LogP contribution in [0.5, 0.6) is 0 Å². The van der Waals surface area contributed by atoms with Crippen LogP contribution in [0.15, 0.2) is 10.3 Å². The zero-order chi connectivity index (χ0) is 13.9. The van der Waals surface area contributed by atoms with Gasteiger partial charge in [-0.05, 0) is 39.4 Å². The van der Waals surface area contributed by atoms with Gasteiger partial charge in [-0.15, -0.1) is 11.3 Å². The summed E-state index contributed by atoms with van der Waals surface area (Å²) in [6.45, 7) is 8.82. The van der Waals surface area contributed by atoms with E-state index < -0.39 is 10.0 Å². The van der Waals surface area contributed by atoms with E-state index in [4.69, 9.17) is 0 Å². The van der Waals surface area contributed by atoms with Crippen LogP contribution in [0.2, 0.25) is 0 Å². The molecular formula is C12H22N2O2S2. The van der Waals surface area contributed by atoms with Crippen LogP contribution in [-0.4, -0.2) is 32.4 Å². The fourth-order valence-electron chi connectivity index (χ4n) is 1.88. The Labute approximate surface area is 114 Å². The summed E-state index contributed by atoms with van der Waals surface area (Å²) < 4.78 is 27.0. The minimum absolute atomic E-state index is 0.0184. The van der Waals surface area contributed by atoms with Crippen LogP contribution in [0.3, 0.4) is 0 Å². The first kappa shape index (κ1) is 15.6. The van der Waals surface area contributed by atoms with Crippen molar-refractivity contribution in [3.8, 4) is 0 Å². The van der Waals surface area contributed by atoms with E-state index in [1.54, 1.807) is 6.07 Å². The first-order valence-corrected chi connectivity index (χ1v) is 8.36. The van der Waals surface area contributed by atoms with Gasteiger partial charge in [0.2, 0.25) is 0 Å².